The van der Waals surface area contributed by atoms with E-state index in [4.69, 9.17) is 9.15 Å². The summed E-state index contributed by atoms with van der Waals surface area (Å²) in [4.78, 5) is 12.2. The molecule has 3 rings (SSSR count). The monoisotopic (exact) mass is 329 g/mol. The normalized spacial score (nSPS) is 10.4. The van der Waals surface area contributed by atoms with Crippen LogP contribution in [0.2, 0.25) is 0 Å². The average Bonchev–Trinajstić information content (AvgIpc) is 3.06. The van der Waals surface area contributed by atoms with Crippen LogP contribution < -0.4 is 10.1 Å². The molecule has 0 aliphatic heterocycles. The molecule has 0 atom stereocenters. The summed E-state index contributed by atoms with van der Waals surface area (Å²) in [5.74, 6) is -1.45. The van der Waals surface area contributed by atoms with Gasteiger partial charge in [-0.3, -0.25) is 4.79 Å². The molecule has 0 fully saturated rings. The summed E-state index contributed by atoms with van der Waals surface area (Å²) in [5.41, 5.74) is 0.236. The fourth-order valence-corrected chi connectivity index (χ4v) is 2.10. The molecule has 0 saturated heterocycles. The number of amides is 1. The van der Waals surface area contributed by atoms with Crippen molar-refractivity contribution in [3.05, 3.63) is 83.8 Å². The van der Waals surface area contributed by atoms with Gasteiger partial charge in [-0.1, -0.05) is 18.2 Å². The van der Waals surface area contributed by atoms with Gasteiger partial charge in [0, 0.05) is 11.6 Å². The molecule has 4 nitrogen and oxygen atoms in total. The summed E-state index contributed by atoms with van der Waals surface area (Å²) < 4.78 is 37.5. The number of halogens is 2. The highest BCUT2D eigenvalue weighted by atomic mass is 19.1. The van der Waals surface area contributed by atoms with Crippen molar-refractivity contribution in [1.29, 1.82) is 0 Å². The number of anilines is 1. The molecule has 0 aliphatic carbocycles. The van der Waals surface area contributed by atoms with E-state index >= 15 is 0 Å². The molecule has 6 heteroatoms. The van der Waals surface area contributed by atoms with Crippen LogP contribution in [0.25, 0.3) is 0 Å². The zero-order valence-electron chi connectivity index (χ0n) is 12.5. The number of rotatable bonds is 5. The lowest BCUT2D eigenvalue weighted by Gasteiger charge is -2.08. The van der Waals surface area contributed by atoms with E-state index in [1.165, 1.54) is 6.26 Å². The van der Waals surface area contributed by atoms with Crippen molar-refractivity contribution >= 4 is 11.6 Å². The van der Waals surface area contributed by atoms with E-state index in [1.807, 2.05) is 18.2 Å². The van der Waals surface area contributed by atoms with E-state index in [9.17, 15) is 13.6 Å². The molecular weight excluding hydrogens is 316 g/mol. The summed E-state index contributed by atoms with van der Waals surface area (Å²) >= 11 is 0. The topological polar surface area (TPSA) is 51.5 Å². The zero-order valence-corrected chi connectivity index (χ0v) is 12.5. The Kier molecular flexibility index (Phi) is 4.56. The molecule has 0 unspecified atom stereocenters. The minimum atomic E-state index is -0.738. The van der Waals surface area contributed by atoms with Crippen LogP contribution in [0.3, 0.4) is 0 Å². The smallest absolute Gasteiger partial charge is 0.291 e. The van der Waals surface area contributed by atoms with Crippen molar-refractivity contribution in [2.45, 2.75) is 6.61 Å². The Morgan fingerprint density at radius 3 is 2.67 bits per heavy atom. The van der Waals surface area contributed by atoms with Gasteiger partial charge in [0.2, 0.25) is 0 Å². The van der Waals surface area contributed by atoms with Crippen molar-refractivity contribution in [2.24, 2.45) is 0 Å². The minimum Gasteiger partial charge on any atom is -0.489 e. The lowest BCUT2D eigenvalue weighted by molar-refractivity contribution is 0.0993. The van der Waals surface area contributed by atoms with E-state index in [0.717, 1.165) is 18.2 Å². The van der Waals surface area contributed by atoms with E-state index in [2.05, 4.69) is 5.32 Å². The van der Waals surface area contributed by atoms with Gasteiger partial charge in [-0.05, 0) is 30.3 Å². The maximum Gasteiger partial charge on any atom is 0.291 e. The first-order valence-electron chi connectivity index (χ1n) is 7.14. The highest BCUT2D eigenvalue weighted by Crippen LogP contribution is 2.19. The number of nitrogens with one attached hydrogen (secondary N) is 1. The van der Waals surface area contributed by atoms with Gasteiger partial charge in [-0.15, -0.1) is 0 Å². The number of furan rings is 1. The van der Waals surface area contributed by atoms with Gasteiger partial charge in [0.05, 0.1) is 12.0 Å². The first kappa shape index (κ1) is 15.7. The number of carbonyl (C=O) groups excluding carboxylic acids is 1. The second kappa shape index (κ2) is 6.95. The quantitative estimate of drug-likeness (QED) is 0.755. The Morgan fingerprint density at radius 1 is 1.08 bits per heavy atom. The SMILES string of the molecule is O=C(Nc1cc(F)ccc1F)c1occc1COc1ccccc1. The van der Waals surface area contributed by atoms with E-state index in [-0.39, 0.29) is 18.1 Å². The summed E-state index contributed by atoms with van der Waals surface area (Å²) in [6.07, 6.45) is 1.33. The highest BCUT2D eigenvalue weighted by Gasteiger charge is 2.18. The van der Waals surface area contributed by atoms with Gasteiger partial charge in [0.1, 0.15) is 24.0 Å². The van der Waals surface area contributed by atoms with Crippen LogP contribution in [0.1, 0.15) is 16.1 Å². The molecule has 2 aromatic carbocycles. The van der Waals surface area contributed by atoms with Crippen molar-refractivity contribution in [3.63, 3.8) is 0 Å². The molecule has 3 aromatic rings. The van der Waals surface area contributed by atoms with Crippen molar-refractivity contribution < 1.29 is 22.7 Å². The lowest BCUT2D eigenvalue weighted by atomic mass is 10.2. The fraction of sp³-hybridized carbons (Fsp3) is 0.0556. The second-order valence-electron chi connectivity index (χ2n) is 4.95. The van der Waals surface area contributed by atoms with Crippen LogP contribution in [-0.4, -0.2) is 5.91 Å². The van der Waals surface area contributed by atoms with Gasteiger partial charge in [0.15, 0.2) is 5.76 Å². The van der Waals surface area contributed by atoms with Crippen LogP contribution in [0.5, 0.6) is 5.75 Å². The molecule has 0 radical (unpaired) electrons. The lowest BCUT2D eigenvalue weighted by Crippen LogP contribution is -2.15. The van der Waals surface area contributed by atoms with Crippen LogP contribution in [0.4, 0.5) is 14.5 Å². The molecule has 0 spiro atoms. The molecule has 0 bridgehead atoms. The Labute approximate surface area is 136 Å². The summed E-state index contributed by atoms with van der Waals surface area (Å²) in [6, 6.07) is 13.5. The number of hydrogen-bond donors (Lipinski definition) is 1. The predicted octanol–water partition coefficient (Wildman–Crippen LogP) is 4.39. The summed E-state index contributed by atoms with van der Waals surface area (Å²) in [5, 5.41) is 2.29. The number of carbonyl (C=O) groups is 1. The van der Waals surface area contributed by atoms with Crippen LogP contribution >= 0.6 is 0 Å². The minimum absolute atomic E-state index is 0.0189. The van der Waals surface area contributed by atoms with Crippen molar-refractivity contribution in [2.75, 3.05) is 5.32 Å². The standard InChI is InChI=1S/C18H13F2NO3/c19-13-6-7-15(20)16(10-13)21-18(22)17-12(8-9-23-17)11-24-14-4-2-1-3-5-14/h1-10H,11H2,(H,21,22). The highest BCUT2D eigenvalue weighted by molar-refractivity contribution is 6.03. The maximum atomic E-state index is 13.6. The van der Waals surface area contributed by atoms with Crippen LogP contribution in [0.15, 0.2) is 65.3 Å². The van der Waals surface area contributed by atoms with Gasteiger partial charge in [-0.25, -0.2) is 8.78 Å². The number of hydrogen-bond acceptors (Lipinski definition) is 3. The number of benzene rings is 2. The molecule has 24 heavy (non-hydrogen) atoms. The molecule has 1 heterocycles. The Bertz CT molecular complexity index is 846. The molecular formula is C18H13F2NO3. The Balaban J connectivity index is 1.72. The maximum absolute atomic E-state index is 13.6. The van der Waals surface area contributed by atoms with Crippen LogP contribution in [-0.2, 0) is 6.61 Å². The Morgan fingerprint density at radius 2 is 1.88 bits per heavy atom. The van der Waals surface area contributed by atoms with Gasteiger partial charge in [-0.2, -0.15) is 0 Å². The third-order valence-electron chi connectivity index (χ3n) is 3.27. The van der Waals surface area contributed by atoms with Gasteiger partial charge >= 0.3 is 0 Å². The van der Waals surface area contributed by atoms with Gasteiger partial charge in [0.25, 0.3) is 5.91 Å². The third-order valence-corrected chi connectivity index (χ3v) is 3.27. The van der Waals surface area contributed by atoms with Crippen LogP contribution in [0, 0.1) is 11.6 Å². The third kappa shape index (κ3) is 3.60. The molecule has 1 aromatic heterocycles. The molecule has 1 amide bonds. The van der Waals surface area contributed by atoms with E-state index < -0.39 is 17.5 Å². The first-order chi connectivity index (χ1) is 11.6. The predicted molar refractivity (Wildman–Crippen MR) is 83.8 cm³/mol. The van der Waals surface area contributed by atoms with Gasteiger partial charge < -0.3 is 14.5 Å². The first-order valence-corrected chi connectivity index (χ1v) is 7.14. The molecule has 122 valence electrons. The molecule has 0 saturated carbocycles. The Hall–Kier alpha value is -3.15. The number of para-hydroxylation sites is 1. The van der Waals surface area contributed by atoms with Crippen molar-refractivity contribution in [3.8, 4) is 5.75 Å². The van der Waals surface area contributed by atoms with Crippen molar-refractivity contribution in [1.82, 2.24) is 0 Å². The molecule has 1 N–H and O–H groups in total. The fourth-order valence-electron chi connectivity index (χ4n) is 2.10. The zero-order chi connectivity index (χ0) is 16.9. The largest absolute Gasteiger partial charge is 0.489 e. The second-order valence-corrected chi connectivity index (χ2v) is 4.95. The summed E-state index contributed by atoms with van der Waals surface area (Å²) in [6.45, 7) is 0.106. The average molecular weight is 329 g/mol. The molecule has 0 aliphatic rings. The van der Waals surface area contributed by atoms with E-state index in [0.29, 0.717) is 11.3 Å². The number of ether oxygens (including phenoxy) is 1. The summed E-state index contributed by atoms with van der Waals surface area (Å²) in [7, 11) is 0. The van der Waals surface area contributed by atoms with E-state index in [1.54, 1.807) is 18.2 Å².